The second-order valence-electron chi connectivity index (χ2n) is 4.99. The molecule has 1 heterocycles. The number of likely N-dealkylation sites (N-methyl/N-ethyl adjacent to an activating group) is 2. The summed E-state index contributed by atoms with van der Waals surface area (Å²) in [5, 5.41) is 0.472. The maximum Gasteiger partial charge on any atom is 0.276 e. The number of thiocarbonyl (C=S) groups is 1. The molecular formula is C17H17IN2O3S. The Bertz CT molecular complexity index is 755. The zero-order valence-electron chi connectivity index (χ0n) is 13.6. The lowest BCUT2D eigenvalue weighted by Gasteiger charge is -2.14. The number of halogens is 1. The lowest BCUT2D eigenvalue weighted by atomic mass is 10.1. The number of carbonyl (C=O) groups excluding carboxylic acids is 1. The van der Waals surface area contributed by atoms with Gasteiger partial charge in [-0.3, -0.25) is 9.69 Å². The quantitative estimate of drug-likeness (QED) is 0.295. The summed E-state index contributed by atoms with van der Waals surface area (Å²) in [6.07, 6.45) is 7.04. The summed E-state index contributed by atoms with van der Waals surface area (Å²) in [6, 6.07) is 3.73. The molecule has 0 N–H and O–H groups in total. The van der Waals surface area contributed by atoms with E-state index in [-0.39, 0.29) is 12.5 Å². The Labute approximate surface area is 160 Å². The number of terminal acetylenes is 1. The SMILES string of the molecule is C#CCOc1c(I)cc(/C=C2/C(=O)N(C)C(=S)N2C)cc1OCC. The Morgan fingerprint density at radius 2 is 2.04 bits per heavy atom. The van der Waals surface area contributed by atoms with Crippen LogP contribution in [0.1, 0.15) is 12.5 Å². The van der Waals surface area contributed by atoms with Crippen LogP contribution in [0.25, 0.3) is 6.08 Å². The van der Waals surface area contributed by atoms with Crippen molar-refractivity contribution in [3.8, 4) is 23.8 Å². The number of rotatable bonds is 5. The average molecular weight is 456 g/mol. The first-order valence-corrected chi connectivity index (χ1v) is 8.69. The summed E-state index contributed by atoms with van der Waals surface area (Å²) in [7, 11) is 3.43. The van der Waals surface area contributed by atoms with Gasteiger partial charge in [0.2, 0.25) is 0 Å². The maximum absolute atomic E-state index is 12.3. The van der Waals surface area contributed by atoms with E-state index in [1.54, 1.807) is 25.1 Å². The minimum Gasteiger partial charge on any atom is -0.490 e. The molecule has 126 valence electrons. The molecule has 0 atom stereocenters. The Morgan fingerprint density at radius 1 is 1.33 bits per heavy atom. The van der Waals surface area contributed by atoms with Crippen LogP contribution in [0.5, 0.6) is 11.5 Å². The summed E-state index contributed by atoms with van der Waals surface area (Å²) >= 11 is 7.38. The maximum atomic E-state index is 12.3. The van der Waals surface area contributed by atoms with Crippen molar-refractivity contribution < 1.29 is 14.3 Å². The first-order valence-electron chi connectivity index (χ1n) is 7.20. The van der Waals surface area contributed by atoms with Crippen LogP contribution >= 0.6 is 34.8 Å². The minimum absolute atomic E-state index is 0.136. The van der Waals surface area contributed by atoms with Gasteiger partial charge in [0, 0.05) is 14.1 Å². The zero-order valence-corrected chi connectivity index (χ0v) is 16.6. The molecule has 5 nitrogen and oxygen atoms in total. The van der Waals surface area contributed by atoms with Crippen LogP contribution < -0.4 is 9.47 Å². The Kier molecular flexibility index (Phi) is 6.07. The number of benzene rings is 1. The molecule has 1 aliphatic rings. The van der Waals surface area contributed by atoms with Gasteiger partial charge in [-0.15, -0.1) is 6.42 Å². The van der Waals surface area contributed by atoms with Crippen LogP contribution in [0.15, 0.2) is 17.8 Å². The van der Waals surface area contributed by atoms with Gasteiger partial charge in [0.1, 0.15) is 12.3 Å². The lowest BCUT2D eigenvalue weighted by molar-refractivity contribution is -0.121. The van der Waals surface area contributed by atoms with E-state index in [0.717, 1.165) is 9.13 Å². The van der Waals surface area contributed by atoms with E-state index in [4.69, 9.17) is 28.1 Å². The highest BCUT2D eigenvalue weighted by atomic mass is 127. The third-order valence-electron chi connectivity index (χ3n) is 3.39. The average Bonchev–Trinajstić information content (AvgIpc) is 2.72. The van der Waals surface area contributed by atoms with Gasteiger partial charge in [0.25, 0.3) is 5.91 Å². The molecule has 0 radical (unpaired) electrons. The summed E-state index contributed by atoms with van der Waals surface area (Å²) in [5.41, 5.74) is 1.34. The monoisotopic (exact) mass is 456 g/mol. The van der Waals surface area contributed by atoms with E-state index in [9.17, 15) is 4.79 Å². The zero-order chi connectivity index (χ0) is 17.9. The summed E-state index contributed by atoms with van der Waals surface area (Å²) in [4.78, 5) is 15.4. The van der Waals surface area contributed by atoms with Crippen LogP contribution in [0.2, 0.25) is 0 Å². The molecule has 1 aromatic carbocycles. The standard InChI is InChI=1S/C17H17IN2O3S/c1-5-7-23-15-12(18)8-11(10-14(15)22-6-2)9-13-16(21)20(4)17(24)19(13)3/h1,8-10H,6-7H2,2-4H3/b13-9-. The molecular weight excluding hydrogens is 439 g/mol. The lowest BCUT2D eigenvalue weighted by Crippen LogP contribution is -2.26. The molecule has 2 rings (SSSR count). The second kappa shape index (κ2) is 7.85. The van der Waals surface area contributed by atoms with Crippen molar-refractivity contribution in [1.29, 1.82) is 0 Å². The van der Waals surface area contributed by atoms with Crippen LogP contribution in [0.3, 0.4) is 0 Å². The largest absolute Gasteiger partial charge is 0.490 e. The van der Waals surface area contributed by atoms with Crippen molar-refractivity contribution in [2.45, 2.75) is 6.92 Å². The van der Waals surface area contributed by atoms with Gasteiger partial charge in [0.15, 0.2) is 16.6 Å². The van der Waals surface area contributed by atoms with Gasteiger partial charge < -0.3 is 14.4 Å². The Balaban J connectivity index is 2.45. The normalized spacial score (nSPS) is 15.9. The molecule has 1 aliphatic heterocycles. The third-order valence-corrected chi connectivity index (χ3v) is 4.74. The van der Waals surface area contributed by atoms with Crippen LogP contribution in [-0.4, -0.2) is 48.1 Å². The van der Waals surface area contributed by atoms with E-state index >= 15 is 0 Å². The van der Waals surface area contributed by atoms with Gasteiger partial charge in [-0.1, -0.05) is 5.92 Å². The Morgan fingerprint density at radius 3 is 2.58 bits per heavy atom. The van der Waals surface area contributed by atoms with Crippen LogP contribution in [0, 0.1) is 15.9 Å². The molecule has 24 heavy (non-hydrogen) atoms. The first-order chi connectivity index (χ1) is 11.4. The van der Waals surface area contributed by atoms with Crippen LogP contribution in [0.4, 0.5) is 0 Å². The highest BCUT2D eigenvalue weighted by Gasteiger charge is 2.32. The number of amides is 1. The van der Waals surface area contributed by atoms with Gasteiger partial charge in [0.05, 0.1) is 10.2 Å². The van der Waals surface area contributed by atoms with Gasteiger partial charge in [-0.25, -0.2) is 0 Å². The molecule has 0 saturated carbocycles. The third kappa shape index (κ3) is 3.65. The van der Waals surface area contributed by atoms with Crippen molar-refractivity contribution in [3.05, 3.63) is 27.0 Å². The van der Waals surface area contributed by atoms with E-state index in [0.29, 0.717) is 28.9 Å². The van der Waals surface area contributed by atoms with E-state index in [1.165, 1.54) is 4.90 Å². The molecule has 1 aromatic rings. The minimum atomic E-state index is -0.136. The predicted molar refractivity (Wildman–Crippen MR) is 106 cm³/mol. The van der Waals surface area contributed by atoms with Crippen LogP contribution in [-0.2, 0) is 4.79 Å². The molecule has 7 heteroatoms. The number of hydrogen-bond donors (Lipinski definition) is 0. The number of hydrogen-bond acceptors (Lipinski definition) is 4. The van der Waals surface area contributed by atoms with Crippen molar-refractivity contribution in [2.75, 3.05) is 27.3 Å². The highest BCUT2D eigenvalue weighted by Crippen LogP contribution is 2.35. The fraction of sp³-hybridized carbons (Fsp3) is 0.294. The topological polar surface area (TPSA) is 42.0 Å². The summed E-state index contributed by atoms with van der Waals surface area (Å²) in [6.45, 7) is 2.55. The molecule has 0 bridgehead atoms. The van der Waals surface area contributed by atoms with Gasteiger partial charge in [-0.05, 0) is 65.5 Å². The second-order valence-corrected chi connectivity index (χ2v) is 6.52. The van der Waals surface area contributed by atoms with Crippen molar-refractivity contribution >= 4 is 51.9 Å². The molecule has 1 saturated heterocycles. The number of ether oxygens (including phenoxy) is 2. The highest BCUT2D eigenvalue weighted by molar-refractivity contribution is 14.1. The van der Waals surface area contributed by atoms with Gasteiger partial charge >= 0.3 is 0 Å². The molecule has 0 aromatic heterocycles. The predicted octanol–water partition coefficient (Wildman–Crippen LogP) is 2.73. The van der Waals surface area contributed by atoms with Crippen molar-refractivity contribution in [3.63, 3.8) is 0 Å². The van der Waals surface area contributed by atoms with Gasteiger partial charge in [-0.2, -0.15) is 0 Å². The summed E-state index contributed by atoms with van der Waals surface area (Å²) < 4.78 is 12.1. The molecule has 0 spiro atoms. The van der Waals surface area contributed by atoms with E-state index < -0.39 is 0 Å². The fourth-order valence-electron chi connectivity index (χ4n) is 2.23. The molecule has 1 amide bonds. The van der Waals surface area contributed by atoms with Crippen molar-refractivity contribution in [1.82, 2.24) is 9.80 Å². The first kappa shape index (κ1) is 18.5. The number of nitrogens with zero attached hydrogens (tertiary/aromatic N) is 2. The molecule has 0 aliphatic carbocycles. The van der Waals surface area contributed by atoms with E-state index in [2.05, 4.69) is 28.5 Å². The smallest absolute Gasteiger partial charge is 0.276 e. The summed E-state index contributed by atoms with van der Waals surface area (Å²) in [5.74, 6) is 3.51. The number of carbonyl (C=O) groups is 1. The Hall–Kier alpha value is -1.79. The molecule has 1 fully saturated rings. The molecule has 0 unspecified atom stereocenters. The van der Waals surface area contributed by atoms with E-state index in [1.807, 2.05) is 19.1 Å². The van der Waals surface area contributed by atoms with Crippen molar-refractivity contribution in [2.24, 2.45) is 0 Å². The fourth-order valence-corrected chi connectivity index (χ4v) is 3.20.